The van der Waals surface area contributed by atoms with Crippen LogP contribution in [0.1, 0.15) is 42.1 Å². The Labute approximate surface area is 101 Å². The molecular weight excluding hydrogens is 220 g/mol. The van der Waals surface area contributed by atoms with Crippen LogP contribution in [0.3, 0.4) is 0 Å². The number of phenolic OH excluding ortho intramolecular Hbond substituents is 2. The molecule has 0 aliphatic heterocycles. The van der Waals surface area contributed by atoms with Crippen molar-refractivity contribution in [3.8, 4) is 11.5 Å². The maximum absolute atomic E-state index is 11.7. The van der Waals surface area contributed by atoms with Crippen molar-refractivity contribution in [3.05, 3.63) is 23.3 Å². The van der Waals surface area contributed by atoms with E-state index in [4.69, 9.17) is 4.74 Å². The number of aryl methyl sites for hydroxylation is 1. The Kier molecular flexibility index (Phi) is 4.82. The minimum absolute atomic E-state index is 0.0671. The smallest absolute Gasteiger partial charge is 0.342 e. The summed E-state index contributed by atoms with van der Waals surface area (Å²) >= 11 is 0. The van der Waals surface area contributed by atoms with Gasteiger partial charge < -0.3 is 14.9 Å². The van der Waals surface area contributed by atoms with Crippen molar-refractivity contribution in [1.82, 2.24) is 0 Å². The average Bonchev–Trinajstić information content (AvgIpc) is 2.23. The van der Waals surface area contributed by atoms with Gasteiger partial charge in [0.15, 0.2) is 0 Å². The molecule has 0 unspecified atom stereocenters. The molecule has 1 aromatic rings. The average molecular weight is 238 g/mol. The van der Waals surface area contributed by atoms with Crippen LogP contribution < -0.4 is 0 Å². The largest absolute Gasteiger partial charge is 0.508 e. The van der Waals surface area contributed by atoms with E-state index in [0.717, 1.165) is 25.3 Å². The number of aromatic hydroxyl groups is 2. The molecule has 1 aromatic carbocycles. The monoisotopic (exact) mass is 238 g/mol. The second kappa shape index (κ2) is 6.13. The van der Waals surface area contributed by atoms with Crippen molar-refractivity contribution >= 4 is 5.97 Å². The third-order valence-electron chi connectivity index (χ3n) is 2.48. The van der Waals surface area contributed by atoms with Gasteiger partial charge >= 0.3 is 5.97 Å². The molecule has 94 valence electrons. The molecular formula is C13H18O4. The number of rotatable bonds is 5. The fourth-order valence-electron chi connectivity index (χ4n) is 1.60. The molecule has 4 heteroatoms. The zero-order valence-corrected chi connectivity index (χ0v) is 10.2. The molecule has 0 aromatic heterocycles. The highest BCUT2D eigenvalue weighted by Crippen LogP contribution is 2.27. The van der Waals surface area contributed by atoms with Gasteiger partial charge in [0.1, 0.15) is 17.1 Å². The van der Waals surface area contributed by atoms with E-state index < -0.39 is 5.97 Å². The first-order valence-corrected chi connectivity index (χ1v) is 5.76. The molecule has 0 saturated heterocycles. The van der Waals surface area contributed by atoms with Gasteiger partial charge in [0.25, 0.3) is 0 Å². The van der Waals surface area contributed by atoms with E-state index in [2.05, 4.69) is 6.92 Å². The standard InChI is InChI=1S/C13H18O4/c1-3-4-5-6-17-13(16)12-9(2)7-10(14)8-11(12)15/h7-8,14-15H,3-6H2,1-2H3. The fraction of sp³-hybridized carbons (Fsp3) is 0.462. The zero-order valence-electron chi connectivity index (χ0n) is 10.2. The number of carbonyl (C=O) groups is 1. The maximum Gasteiger partial charge on any atom is 0.342 e. The summed E-state index contributed by atoms with van der Waals surface area (Å²) in [5.41, 5.74) is 0.627. The van der Waals surface area contributed by atoms with Crippen LogP contribution in [0.5, 0.6) is 11.5 Å². The van der Waals surface area contributed by atoms with Gasteiger partial charge in [-0.15, -0.1) is 0 Å². The van der Waals surface area contributed by atoms with Crippen LogP contribution in [0.2, 0.25) is 0 Å². The van der Waals surface area contributed by atoms with E-state index in [1.54, 1.807) is 6.92 Å². The van der Waals surface area contributed by atoms with E-state index in [0.29, 0.717) is 12.2 Å². The summed E-state index contributed by atoms with van der Waals surface area (Å²) in [7, 11) is 0. The van der Waals surface area contributed by atoms with Gasteiger partial charge in [0.2, 0.25) is 0 Å². The number of hydrogen-bond acceptors (Lipinski definition) is 4. The Morgan fingerprint density at radius 1 is 1.29 bits per heavy atom. The predicted octanol–water partition coefficient (Wildman–Crippen LogP) is 2.75. The summed E-state index contributed by atoms with van der Waals surface area (Å²) in [6.07, 6.45) is 2.88. The number of carbonyl (C=O) groups excluding carboxylic acids is 1. The topological polar surface area (TPSA) is 66.8 Å². The van der Waals surface area contributed by atoms with Gasteiger partial charge in [-0.05, 0) is 25.0 Å². The van der Waals surface area contributed by atoms with Gasteiger partial charge in [0.05, 0.1) is 6.61 Å². The van der Waals surface area contributed by atoms with Gasteiger partial charge in [0, 0.05) is 6.07 Å². The van der Waals surface area contributed by atoms with E-state index in [1.807, 2.05) is 0 Å². The molecule has 0 aliphatic rings. The Hall–Kier alpha value is -1.71. The van der Waals surface area contributed by atoms with Crippen LogP contribution in [0.4, 0.5) is 0 Å². The lowest BCUT2D eigenvalue weighted by atomic mass is 10.1. The molecule has 0 amide bonds. The SMILES string of the molecule is CCCCCOC(=O)c1c(C)cc(O)cc1O. The molecule has 2 N–H and O–H groups in total. The third-order valence-corrected chi connectivity index (χ3v) is 2.48. The number of hydrogen-bond donors (Lipinski definition) is 2. The first kappa shape index (κ1) is 13.4. The van der Waals surface area contributed by atoms with E-state index in [-0.39, 0.29) is 17.1 Å². The fourth-order valence-corrected chi connectivity index (χ4v) is 1.60. The lowest BCUT2D eigenvalue weighted by molar-refractivity contribution is 0.0494. The van der Waals surface area contributed by atoms with Crippen molar-refractivity contribution in [2.45, 2.75) is 33.1 Å². The van der Waals surface area contributed by atoms with E-state index in [9.17, 15) is 15.0 Å². The molecule has 4 nitrogen and oxygen atoms in total. The molecule has 1 rings (SSSR count). The number of phenols is 2. The Balaban J connectivity index is 2.69. The molecule has 0 aliphatic carbocycles. The van der Waals surface area contributed by atoms with Crippen molar-refractivity contribution in [2.24, 2.45) is 0 Å². The molecule has 0 radical (unpaired) electrons. The number of benzene rings is 1. The quantitative estimate of drug-likeness (QED) is 0.611. The maximum atomic E-state index is 11.7. The summed E-state index contributed by atoms with van der Waals surface area (Å²) in [6, 6.07) is 2.55. The third kappa shape index (κ3) is 3.66. The molecule has 0 atom stereocenters. The molecule has 0 saturated carbocycles. The number of esters is 1. The predicted molar refractivity (Wildman–Crippen MR) is 64.3 cm³/mol. The van der Waals surface area contributed by atoms with Gasteiger partial charge in [-0.2, -0.15) is 0 Å². The first-order chi connectivity index (χ1) is 8.06. The minimum Gasteiger partial charge on any atom is -0.508 e. The molecule has 17 heavy (non-hydrogen) atoms. The number of ether oxygens (including phenoxy) is 1. The Bertz CT molecular complexity index is 375. The van der Waals surface area contributed by atoms with Crippen molar-refractivity contribution in [3.63, 3.8) is 0 Å². The Morgan fingerprint density at radius 3 is 2.59 bits per heavy atom. The van der Waals surface area contributed by atoms with Crippen LogP contribution in [-0.2, 0) is 4.74 Å². The second-order valence-corrected chi connectivity index (χ2v) is 4.00. The second-order valence-electron chi connectivity index (χ2n) is 4.00. The molecule has 0 fully saturated rings. The lowest BCUT2D eigenvalue weighted by Gasteiger charge is -2.09. The van der Waals surface area contributed by atoms with Crippen molar-refractivity contribution in [2.75, 3.05) is 6.61 Å². The number of unbranched alkanes of at least 4 members (excludes halogenated alkanes) is 2. The first-order valence-electron chi connectivity index (χ1n) is 5.76. The Morgan fingerprint density at radius 2 is 2.00 bits per heavy atom. The van der Waals surface area contributed by atoms with Crippen LogP contribution in [-0.4, -0.2) is 22.8 Å². The highest BCUT2D eigenvalue weighted by Gasteiger charge is 2.16. The normalized spacial score (nSPS) is 10.2. The zero-order chi connectivity index (χ0) is 12.8. The van der Waals surface area contributed by atoms with Crippen molar-refractivity contribution in [1.29, 1.82) is 0 Å². The minimum atomic E-state index is -0.545. The molecule has 0 heterocycles. The highest BCUT2D eigenvalue weighted by molar-refractivity contribution is 5.94. The van der Waals surface area contributed by atoms with Gasteiger partial charge in [-0.1, -0.05) is 19.8 Å². The summed E-state index contributed by atoms with van der Waals surface area (Å²) < 4.78 is 5.05. The summed E-state index contributed by atoms with van der Waals surface area (Å²) in [5, 5.41) is 18.8. The van der Waals surface area contributed by atoms with Crippen LogP contribution in [0, 0.1) is 6.92 Å². The summed E-state index contributed by atoms with van der Waals surface area (Å²) in [5.74, 6) is -0.860. The van der Waals surface area contributed by atoms with Gasteiger partial charge in [-0.25, -0.2) is 4.79 Å². The molecule has 0 spiro atoms. The summed E-state index contributed by atoms with van der Waals surface area (Å²) in [4.78, 5) is 11.7. The van der Waals surface area contributed by atoms with Gasteiger partial charge in [-0.3, -0.25) is 0 Å². The molecule has 0 bridgehead atoms. The van der Waals surface area contributed by atoms with E-state index in [1.165, 1.54) is 6.07 Å². The van der Waals surface area contributed by atoms with Crippen molar-refractivity contribution < 1.29 is 19.7 Å². The van der Waals surface area contributed by atoms with Crippen LogP contribution in [0.25, 0.3) is 0 Å². The van der Waals surface area contributed by atoms with E-state index >= 15 is 0 Å². The lowest BCUT2D eigenvalue weighted by Crippen LogP contribution is -2.08. The highest BCUT2D eigenvalue weighted by atomic mass is 16.5. The van der Waals surface area contributed by atoms with Crippen LogP contribution >= 0.6 is 0 Å². The van der Waals surface area contributed by atoms with Crippen LogP contribution in [0.15, 0.2) is 12.1 Å². The summed E-state index contributed by atoms with van der Waals surface area (Å²) in [6.45, 7) is 4.06.